The predicted molar refractivity (Wildman–Crippen MR) is 64.0 cm³/mol. The van der Waals surface area contributed by atoms with Gasteiger partial charge in [0.1, 0.15) is 5.75 Å². The van der Waals surface area contributed by atoms with Crippen LogP contribution in [-0.2, 0) is 16.0 Å². The van der Waals surface area contributed by atoms with Crippen LogP contribution in [0.15, 0.2) is 24.3 Å². The van der Waals surface area contributed by atoms with Crippen molar-refractivity contribution in [1.29, 1.82) is 0 Å². The summed E-state index contributed by atoms with van der Waals surface area (Å²) in [6, 6.07) is 7.57. The second-order valence-corrected chi connectivity index (χ2v) is 3.65. The first kappa shape index (κ1) is 13.5. The van der Waals surface area contributed by atoms with E-state index in [4.69, 9.17) is 9.84 Å². The van der Waals surface area contributed by atoms with Crippen LogP contribution in [0.2, 0.25) is 0 Å². The molecular weight excluding hydrogens is 220 g/mol. The number of carbonyl (C=O) groups excluding carboxylic acids is 1. The van der Waals surface area contributed by atoms with Crippen molar-refractivity contribution in [2.45, 2.75) is 19.3 Å². The average molecular weight is 238 g/mol. The van der Waals surface area contributed by atoms with Crippen LogP contribution in [0, 0.1) is 0 Å². The van der Waals surface area contributed by atoms with Crippen LogP contribution >= 0.6 is 0 Å². The summed E-state index contributed by atoms with van der Waals surface area (Å²) in [5.41, 5.74) is 1.08. The lowest BCUT2D eigenvalue weighted by atomic mass is 10.1. The van der Waals surface area contributed by atoms with Crippen molar-refractivity contribution in [2.75, 3.05) is 20.3 Å². The highest BCUT2D eigenvalue weighted by molar-refractivity contribution is 5.68. The Hall–Kier alpha value is -1.55. The largest absolute Gasteiger partial charge is 0.494 e. The summed E-state index contributed by atoms with van der Waals surface area (Å²) in [5, 5.41) is 8.76. The lowest BCUT2D eigenvalue weighted by Crippen LogP contribution is -2.04. The van der Waals surface area contributed by atoms with E-state index in [0.717, 1.165) is 11.3 Å². The Morgan fingerprint density at radius 1 is 1.29 bits per heavy atom. The molecule has 0 radical (unpaired) electrons. The fraction of sp³-hybridized carbons (Fsp3) is 0.462. The number of hydrogen-bond donors (Lipinski definition) is 1. The van der Waals surface area contributed by atoms with Gasteiger partial charge in [-0.2, -0.15) is 0 Å². The Labute approximate surface area is 101 Å². The number of hydrogen-bond acceptors (Lipinski definition) is 4. The Morgan fingerprint density at radius 2 is 2.00 bits per heavy atom. The number of esters is 1. The molecular formula is C13H18O4. The molecule has 0 aromatic heterocycles. The van der Waals surface area contributed by atoms with Gasteiger partial charge >= 0.3 is 5.97 Å². The molecule has 0 aliphatic carbocycles. The second-order valence-electron chi connectivity index (χ2n) is 3.65. The molecule has 0 aliphatic rings. The topological polar surface area (TPSA) is 55.8 Å². The van der Waals surface area contributed by atoms with E-state index in [1.165, 1.54) is 7.11 Å². The molecule has 0 bridgehead atoms. The van der Waals surface area contributed by atoms with E-state index in [2.05, 4.69) is 4.74 Å². The number of rotatable bonds is 7. The van der Waals surface area contributed by atoms with Gasteiger partial charge in [-0.05, 0) is 30.5 Å². The van der Waals surface area contributed by atoms with Crippen molar-refractivity contribution in [3.8, 4) is 5.75 Å². The molecule has 0 fully saturated rings. The Kier molecular flexibility index (Phi) is 6.10. The zero-order chi connectivity index (χ0) is 12.5. The zero-order valence-corrected chi connectivity index (χ0v) is 10.0. The van der Waals surface area contributed by atoms with Gasteiger partial charge in [-0.25, -0.2) is 0 Å². The van der Waals surface area contributed by atoms with Crippen LogP contribution < -0.4 is 4.74 Å². The molecule has 0 saturated heterocycles. The molecule has 0 spiro atoms. The molecule has 4 nitrogen and oxygen atoms in total. The molecule has 17 heavy (non-hydrogen) atoms. The van der Waals surface area contributed by atoms with Gasteiger partial charge < -0.3 is 14.6 Å². The molecule has 0 aliphatic heterocycles. The highest BCUT2D eigenvalue weighted by Crippen LogP contribution is 2.12. The summed E-state index contributed by atoms with van der Waals surface area (Å²) in [5.74, 6) is 0.559. The molecule has 1 rings (SSSR count). The van der Waals surface area contributed by atoms with Crippen molar-refractivity contribution in [1.82, 2.24) is 0 Å². The maximum atomic E-state index is 10.8. The Balaban J connectivity index is 2.25. The number of methoxy groups -OCH3 is 1. The van der Waals surface area contributed by atoms with E-state index < -0.39 is 0 Å². The smallest absolute Gasteiger partial charge is 0.305 e. The summed E-state index contributed by atoms with van der Waals surface area (Å²) in [7, 11) is 1.38. The summed E-state index contributed by atoms with van der Waals surface area (Å²) in [4.78, 5) is 10.8. The Morgan fingerprint density at radius 3 is 2.59 bits per heavy atom. The van der Waals surface area contributed by atoms with Crippen LogP contribution in [0.5, 0.6) is 5.75 Å². The number of benzene rings is 1. The quantitative estimate of drug-likeness (QED) is 0.578. The molecule has 94 valence electrons. The average Bonchev–Trinajstić information content (AvgIpc) is 2.36. The molecule has 4 heteroatoms. The van der Waals surface area contributed by atoms with Crippen molar-refractivity contribution >= 4 is 5.97 Å². The first-order valence-corrected chi connectivity index (χ1v) is 5.65. The monoisotopic (exact) mass is 238 g/mol. The van der Waals surface area contributed by atoms with E-state index in [9.17, 15) is 4.79 Å². The first-order chi connectivity index (χ1) is 8.26. The summed E-state index contributed by atoms with van der Waals surface area (Å²) in [6.07, 6.45) is 1.67. The van der Waals surface area contributed by atoms with Crippen molar-refractivity contribution in [2.24, 2.45) is 0 Å². The summed E-state index contributed by atoms with van der Waals surface area (Å²) in [6.45, 7) is 0.647. The van der Waals surface area contributed by atoms with Crippen molar-refractivity contribution < 1.29 is 19.4 Å². The van der Waals surface area contributed by atoms with E-state index in [1.54, 1.807) is 0 Å². The van der Waals surface area contributed by atoms with E-state index in [-0.39, 0.29) is 12.6 Å². The fourth-order valence-electron chi connectivity index (χ4n) is 1.39. The van der Waals surface area contributed by atoms with Crippen LogP contribution in [0.3, 0.4) is 0 Å². The second kappa shape index (κ2) is 7.68. The predicted octanol–water partition coefficient (Wildman–Crippen LogP) is 1.55. The molecule has 1 N–H and O–H groups in total. The standard InChI is InChI=1S/C13H18O4/c1-16-13(15)3-2-10-17-12-6-4-11(5-7-12)8-9-14/h4-7,14H,2-3,8-10H2,1H3. The molecule has 0 unspecified atom stereocenters. The van der Waals surface area contributed by atoms with Crippen molar-refractivity contribution in [3.63, 3.8) is 0 Å². The third-order valence-corrected chi connectivity index (χ3v) is 2.35. The fourth-order valence-corrected chi connectivity index (χ4v) is 1.39. The van der Waals surface area contributed by atoms with Gasteiger partial charge in [-0.3, -0.25) is 4.79 Å². The highest BCUT2D eigenvalue weighted by Gasteiger charge is 2.00. The van der Waals surface area contributed by atoms with Crippen LogP contribution in [0.1, 0.15) is 18.4 Å². The van der Waals surface area contributed by atoms with Crippen LogP contribution in [0.4, 0.5) is 0 Å². The molecule has 1 aromatic carbocycles. The number of aliphatic hydroxyl groups is 1. The number of ether oxygens (including phenoxy) is 2. The van der Waals surface area contributed by atoms with Gasteiger partial charge in [-0.1, -0.05) is 12.1 Å². The van der Waals surface area contributed by atoms with E-state index in [1.807, 2.05) is 24.3 Å². The van der Waals surface area contributed by atoms with Gasteiger partial charge in [0.25, 0.3) is 0 Å². The number of aliphatic hydroxyl groups excluding tert-OH is 1. The van der Waals surface area contributed by atoms with Crippen LogP contribution in [-0.4, -0.2) is 31.4 Å². The normalized spacial score (nSPS) is 10.0. The maximum Gasteiger partial charge on any atom is 0.305 e. The lowest BCUT2D eigenvalue weighted by molar-refractivity contribution is -0.140. The lowest BCUT2D eigenvalue weighted by Gasteiger charge is -2.06. The minimum absolute atomic E-state index is 0.152. The summed E-state index contributed by atoms with van der Waals surface area (Å²) < 4.78 is 9.99. The highest BCUT2D eigenvalue weighted by atomic mass is 16.5. The third kappa shape index (κ3) is 5.36. The van der Waals surface area contributed by atoms with Crippen LogP contribution in [0.25, 0.3) is 0 Å². The molecule has 0 amide bonds. The minimum atomic E-state index is -0.216. The zero-order valence-electron chi connectivity index (χ0n) is 10.0. The molecule has 0 heterocycles. The van der Waals surface area contributed by atoms with Gasteiger partial charge in [-0.15, -0.1) is 0 Å². The van der Waals surface area contributed by atoms with Gasteiger partial charge in [0.2, 0.25) is 0 Å². The number of carbonyl (C=O) groups is 1. The summed E-state index contributed by atoms with van der Waals surface area (Å²) >= 11 is 0. The van der Waals surface area contributed by atoms with Gasteiger partial charge in [0, 0.05) is 13.0 Å². The van der Waals surface area contributed by atoms with Gasteiger partial charge in [0.15, 0.2) is 0 Å². The van der Waals surface area contributed by atoms with E-state index >= 15 is 0 Å². The SMILES string of the molecule is COC(=O)CCCOc1ccc(CCO)cc1. The van der Waals surface area contributed by atoms with Gasteiger partial charge in [0.05, 0.1) is 13.7 Å². The molecule has 1 aromatic rings. The molecule has 0 saturated carbocycles. The molecule has 0 atom stereocenters. The Bertz CT molecular complexity index is 332. The third-order valence-electron chi connectivity index (χ3n) is 2.35. The maximum absolute atomic E-state index is 10.8. The minimum Gasteiger partial charge on any atom is -0.494 e. The van der Waals surface area contributed by atoms with E-state index in [0.29, 0.717) is 25.9 Å². The van der Waals surface area contributed by atoms with Crippen molar-refractivity contribution in [3.05, 3.63) is 29.8 Å². The first-order valence-electron chi connectivity index (χ1n) is 5.65.